The van der Waals surface area contributed by atoms with Gasteiger partial charge in [0.2, 0.25) is 0 Å². The Kier molecular flexibility index (Phi) is 5.26. The van der Waals surface area contributed by atoms with Crippen LogP contribution >= 0.6 is 0 Å². The number of rotatable bonds is 5. The van der Waals surface area contributed by atoms with Crippen LogP contribution < -0.4 is 10.1 Å². The number of nitrogens with one attached hydrogen (secondary N) is 1. The van der Waals surface area contributed by atoms with Gasteiger partial charge in [-0.3, -0.25) is 0 Å². The van der Waals surface area contributed by atoms with Gasteiger partial charge in [0.1, 0.15) is 11.9 Å². The van der Waals surface area contributed by atoms with Crippen molar-refractivity contribution in [2.75, 3.05) is 6.54 Å². The van der Waals surface area contributed by atoms with Gasteiger partial charge in [-0.25, -0.2) is 0 Å². The first-order chi connectivity index (χ1) is 9.15. The van der Waals surface area contributed by atoms with Crippen LogP contribution in [-0.4, -0.2) is 18.7 Å². The molecule has 2 heteroatoms. The molecule has 1 saturated carbocycles. The van der Waals surface area contributed by atoms with Gasteiger partial charge in [0.25, 0.3) is 0 Å². The van der Waals surface area contributed by atoms with Crippen molar-refractivity contribution in [2.45, 2.75) is 65.0 Å². The number of hydrogen-bond donors (Lipinski definition) is 1. The summed E-state index contributed by atoms with van der Waals surface area (Å²) in [5.41, 5.74) is 2.62. The summed E-state index contributed by atoms with van der Waals surface area (Å²) in [5, 5.41) is 3.64. The Bertz CT molecular complexity index is 396. The van der Waals surface area contributed by atoms with E-state index < -0.39 is 0 Å². The van der Waals surface area contributed by atoms with E-state index in [1.165, 1.54) is 43.2 Å². The molecule has 0 aromatic heterocycles. The highest BCUT2D eigenvalue weighted by Crippen LogP contribution is 2.19. The second-order valence-corrected chi connectivity index (χ2v) is 5.92. The average molecular weight is 261 g/mol. The molecular weight excluding hydrogens is 234 g/mol. The van der Waals surface area contributed by atoms with Gasteiger partial charge >= 0.3 is 0 Å². The zero-order valence-corrected chi connectivity index (χ0v) is 12.5. The van der Waals surface area contributed by atoms with E-state index in [0.717, 1.165) is 12.3 Å². The van der Waals surface area contributed by atoms with Crippen LogP contribution in [0.2, 0.25) is 0 Å². The lowest BCUT2D eigenvalue weighted by Crippen LogP contribution is -2.37. The summed E-state index contributed by atoms with van der Waals surface area (Å²) in [7, 11) is 0. The number of aryl methyl sites for hydroxylation is 2. The van der Waals surface area contributed by atoms with Crippen LogP contribution in [0.1, 0.15) is 50.2 Å². The fourth-order valence-corrected chi connectivity index (χ4v) is 2.70. The summed E-state index contributed by atoms with van der Waals surface area (Å²) in [6.45, 7) is 7.35. The highest BCUT2D eigenvalue weighted by atomic mass is 16.5. The van der Waals surface area contributed by atoms with Crippen molar-refractivity contribution in [3.63, 3.8) is 0 Å². The molecular formula is C17H27NO. The van der Waals surface area contributed by atoms with Crippen LogP contribution in [0.25, 0.3) is 0 Å². The zero-order chi connectivity index (χ0) is 13.7. The minimum Gasteiger partial charge on any atom is -0.489 e. The fraction of sp³-hybridized carbons (Fsp3) is 0.647. The Morgan fingerprint density at radius 3 is 2.58 bits per heavy atom. The molecule has 1 atom stereocenters. The Balaban J connectivity index is 1.76. The summed E-state index contributed by atoms with van der Waals surface area (Å²) in [6.07, 6.45) is 7.05. The van der Waals surface area contributed by atoms with Gasteiger partial charge in [0.05, 0.1) is 0 Å². The first kappa shape index (κ1) is 14.4. The molecule has 0 bridgehead atoms. The third-order valence-corrected chi connectivity index (χ3v) is 4.11. The molecule has 106 valence electrons. The summed E-state index contributed by atoms with van der Waals surface area (Å²) >= 11 is 0. The van der Waals surface area contributed by atoms with Crippen molar-refractivity contribution in [3.05, 3.63) is 29.3 Å². The molecule has 2 nitrogen and oxygen atoms in total. The van der Waals surface area contributed by atoms with Gasteiger partial charge in [-0.1, -0.05) is 25.3 Å². The van der Waals surface area contributed by atoms with Gasteiger partial charge in [0, 0.05) is 12.6 Å². The maximum absolute atomic E-state index is 5.98. The normalized spacial score (nSPS) is 18.3. The van der Waals surface area contributed by atoms with Crippen molar-refractivity contribution in [3.8, 4) is 5.75 Å². The SMILES string of the molecule is Cc1ccc(OC(C)CNC2CCCCC2)cc1C. The van der Waals surface area contributed by atoms with E-state index in [1.54, 1.807) is 0 Å². The second-order valence-electron chi connectivity index (χ2n) is 5.92. The van der Waals surface area contributed by atoms with Crippen LogP contribution in [0.15, 0.2) is 18.2 Å². The Morgan fingerprint density at radius 1 is 1.16 bits per heavy atom. The van der Waals surface area contributed by atoms with Gasteiger partial charge in [-0.2, -0.15) is 0 Å². The maximum atomic E-state index is 5.98. The molecule has 1 unspecified atom stereocenters. The summed E-state index contributed by atoms with van der Waals surface area (Å²) in [6, 6.07) is 7.04. The van der Waals surface area contributed by atoms with E-state index in [2.05, 4.69) is 44.3 Å². The van der Waals surface area contributed by atoms with Crippen LogP contribution in [0.3, 0.4) is 0 Å². The van der Waals surface area contributed by atoms with Gasteiger partial charge in [-0.15, -0.1) is 0 Å². The molecule has 19 heavy (non-hydrogen) atoms. The lowest BCUT2D eigenvalue weighted by atomic mass is 9.95. The largest absolute Gasteiger partial charge is 0.489 e. The highest BCUT2D eigenvalue weighted by Gasteiger charge is 2.14. The quantitative estimate of drug-likeness (QED) is 0.865. The second kappa shape index (κ2) is 6.95. The van der Waals surface area contributed by atoms with Crippen molar-refractivity contribution in [2.24, 2.45) is 0 Å². The predicted molar refractivity (Wildman–Crippen MR) is 80.9 cm³/mol. The Labute approximate surface area is 117 Å². The van der Waals surface area contributed by atoms with Crippen LogP contribution in [-0.2, 0) is 0 Å². The smallest absolute Gasteiger partial charge is 0.120 e. The van der Waals surface area contributed by atoms with E-state index in [9.17, 15) is 0 Å². The van der Waals surface area contributed by atoms with Crippen molar-refractivity contribution < 1.29 is 4.74 Å². The molecule has 0 aliphatic heterocycles. The minimum absolute atomic E-state index is 0.226. The summed E-state index contributed by atoms with van der Waals surface area (Å²) in [5.74, 6) is 0.987. The summed E-state index contributed by atoms with van der Waals surface area (Å²) in [4.78, 5) is 0. The van der Waals surface area contributed by atoms with Gasteiger partial charge < -0.3 is 10.1 Å². The number of benzene rings is 1. The average Bonchev–Trinajstić information content (AvgIpc) is 2.42. The zero-order valence-electron chi connectivity index (χ0n) is 12.5. The number of hydrogen-bond acceptors (Lipinski definition) is 2. The van der Waals surface area contributed by atoms with Crippen molar-refractivity contribution in [1.29, 1.82) is 0 Å². The molecule has 1 aliphatic rings. The van der Waals surface area contributed by atoms with Crippen LogP contribution in [0.4, 0.5) is 0 Å². The Hall–Kier alpha value is -1.02. The third-order valence-electron chi connectivity index (χ3n) is 4.11. The number of ether oxygens (including phenoxy) is 1. The molecule has 0 heterocycles. The predicted octanol–water partition coefficient (Wildman–Crippen LogP) is 3.99. The first-order valence-corrected chi connectivity index (χ1v) is 7.62. The van der Waals surface area contributed by atoms with Crippen LogP contribution in [0.5, 0.6) is 5.75 Å². The van der Waals surface area contributed by atoms with E-state index in [0.29, 0.717) is 6.04 Å². The van der Waals surface area contributed by atoms with E-state index in [1.807, 2.05) is 0 Å². The standard InChI is InChI=1S/C17H27NO/c1-13-9-10-17(11-14(13)2)19-15(3)12-18-16-7-5-4-6-8-16/h9-11,15-16,18H,4-8,12H2,1-3H3. The molecule has 1 fully saturated rings. The van der Waals surface area contributed by atoms with Crippen molar-refractivity contribution in [1.82, 2.24) is 5.32 Å². The van der Waals surface area contributed by atoms with Crippen LogP contribution in [0, 0.1) is 13.8 Å². The topological polar surface area (TPSA) is 21.3 Å². The molecule has 0 spiro atoms. The monoisotopic (exact) mass is 261 g/mol. The molecule has 0 saturated heterocycles. The summed E-state index contributed by atoms with van der Waals surface area (Å²) < 4.78 is 5.98. The molecule has 1 N–H and O–H groups in total. The third kappa shape index (κ3) is 4.54. The highest BCUT2D eigenvalue weighted by molar-refractivity contribution is 5.33. The molecule has 0 radical (unpaired) electrons. The molecule has 0 amide bonds. The van der Waals surface area contributed by atoms with E-state index in [4.69, 9.17) is 4.74 Å². The fourth-order valence-electron chi connectivity index (χ4n) is 2.70. The van der Waals surface area contributed by atoms with E-state index in [-0.39, 0.29) is 6.10 Å². The molecule has 1 aromatic rings. The molecule has 1 aromatic carbocycles. The minimum atomic E-state index is 0.226. The lowest BCUT2D eigenvalue weighted by molar-refractivity contribution is 0.205. The van der Waals surface area contributed by atoms with E-state index >= 15 is 0 Å². The van der Waals surface area contributed by atoms with Gasteiger partial charge in [-0.05, 0) is 56.9 Å². The van der Waals surface area contributed by atoms with Crippen molar-refractivity contribution >= 4 is 0 Å². The maximum Gasteiger partial charge on any atom is 0.120 e. The molecule has 2 rings (SSSR count). The molecule has 1 aliphatic carbocycles. The Morgan fingerprint density at radius 2 is 1.89 bits per heavy atom. The van der Waals surface area contributed by atoms with Gasteiger partial charge in [0.15, 0.2) is 0 Å². The lowest BCUT2D eigenvalue weighted by Gasteiger charge is -2.25. The first-order valence-electron chi connectivity index (χ1n) is 7.62.